The molecule has 5 heteroatoms. The van der Waals surface area contributed by atoms with E-state index in [9.17, 15) is 4.39 Å². The van der Waals surface area contributed by atoms with Crippen molar-refractivity contribution in [3.05, 3.63) is 28.0 Å². The van der Waals surface area contributed by atoms with Gasteiger partial charge in [0.25, 0.3) is 0 Å². The summed E-state index contributed by atoms with van der Waals surface area (Å²) in [5.74, 6) is -0.397. The first-order valence-corrected chi connectivity index (χ1v) is 6.87. The maximum absolute atomic E-state index is 13.2. The molecule has 0 spiro atoms. The lowest BCUT2D eigenvalue weighted by atomic mass is 9.97. The standard InChI is InChI=1S/C13H17Cl2FN2/c1-8-5-10(17-2)3-4-18(8)13-11(14)6-9(16)7-12(13)15/h6-8,10,17H,3-5H2,1-2H3. The van der Waals surface area contributed by atoms with Crippen LogP contribution >= 0.6 is 23.2 Å². The van der Waals surface area contributed by atoms with E-state index in [1.165, 1.54) is 12.1 Å². The zero-order chi connectivity index (χ0) is 13.3. The highest BCUT2D eigenvalue weighted by Crippen LogP contribution is 2.37. The first kappa shape index (κ1) is 13.9. The van der Waals surface area contributed by atoms with Crippen LogP contribution in [0.5, 0.6) is 0 Å². The zero-order valence-electron chi connectivity index (χ0n) is 10.5. The van der Waals surface area contributed by atoms with E-state index in [1.807, 2.05) is 7.05 Å². The summed E-state index contributed by atoms with van der Waals surface area (Å²) in [7, 11) is 1.98. The SMILES string of the molecule is CNC1CCN(c2c(Cl)cc(F)cc2Cl)C(C)C1. The number of rotatable bonds is 2. The molecule has 1 aliphatic rings. The van der Waals surface area contributed by atoms with E-state index < -0.39 is 5.82 Å². The van der Waals surface area contributed by atoms with Gasteiger partial charge in [0, 0.05) is 18.6 Å². The van der Waals surface area contributed by atoms with Crippen molar-refractivity contribution in [1.29, 1.82) is 0 Å². The van der Waals surface area contributed by atoms with E-state index in [0.29, 0.717) is 22.1 Å². The highest BCUT2D eigenvalue weighted by molar-refractivity contribution is 6.39. The first-order chi connectivity index (χ1) is 8.52. The Morgan fingerprint density at radius 1 is 1.33 bits per heavy atom. The Balaban J connectivity index is 2.27. The van der Waals surface area contributed by atoms with Gasteiger partial charge in [0.15, 0.2) is 0 Å². The number of anilines is 1. The van der Waals surface area contributed by atoms with Crippen LogP contribution in [0, 0.1) is 5.82 Å². The average molecular weight is 291 g/mol. The van der Waals surface area contributed by atoms with Crippen LogP contribution in [0.1, 0.15) is 19.8 Å². The van der Waals surface area contributed by atoms with Gasteiger partial charge < -0.3 is 10.2 Å². The van der Waals surface area contributed by atoms with Crippen molar-refractivity contribution >= 4 is 28.9 Å². The van der Waals surface area contributed by atoms with Gasteiger partial charge in [0.05, 0.1) is 15.7 Å². The summed E-state index contributed by atoms with van der Waals surface area (Å²) in [6.45, 7) is 3.01. The molecular formula is C13H17Cl2FN2. The highest BCUT2D eigenvalue weighted by atomic mass is 35.5. The Hall–Kier alpha value is -0.510. The third kappa shape index (κ3) is 2.73. The van der Waals surface area contributed by atoms with Crippen molar-refractivity contribution in [2.24, 2.45) is 0 Å². The Morgan fingerprint density at radius 2 is 1.94 bits per heavy atom. The van der Waals surface area contributed by atoms with Crippen molar-refractivity contribution in [2.45, 2.75) is 31.8 Å². The Kier molecular flexibility index (Phi) is 4.36. The second-order valence-electron chi connectivity index (χ2n) is 4.77. The van der Waals surface area contributed by atoms with Gasteiger partial charge in [-0.15, -0.1) is 0 Å². The lowest BCUT2D eigenvalue weighted by Crippen LogP contribution is -2.46. The monoisotopic (exact) mass is 290 g/mol. The van der Waals surface area contributed by atoms with Crippen LogP contribution in [0.25, 0.3) is 0 Å². The van der Waals surface area contributed by atoms with E-state index in [2.05, 4.69) is 17.1 Å². The Morgan fingerprint density at radius 3 is 2.44 bits per heavy atom. The molecule has 0 aromatic heterocycles. The fraction of sp³-hybridized carbons (Fsp3) is 0.538. The molecule has 18 heavy (non-hydrogen) atoms. The predicted molar refractivity (Wildman–Crippen MR) is 75.3 cm³/mol. The normalized spacial score (nSPS) is 24.4. The highest BCUT2D eigenvalue weighted by Gasteiger charge is 2.27. The molecule has 1 aromatic carbocycles. The molecule has 1 saturated heterocycles. The molecule has 0 radical (unpaired) electrons. The molecule has 0 saturated carbocycles. The van der Waals surface area contributed by atoms with Gasteiger partial charge in [-0.05, 0) is 38.9 Å². The minimum Gasteiger partial charge on any atom is -0.366 e. The van der Waals surface area contributed by atoms with Gasteiger partial charge in [0.1, 0.15) is 5.82 Å². The van der Waals surface area contributed by atoms with Gasteiger partial charge >= 0.3 is 0 Å². The summed E-state index contributed by atoms with van der Waals surface area (Å²) in [5, 5.41) is 4.06. The van der Waals surface area contributed by atoms with Crippen LogP contribution < -0.4 is 10.2 Å². The van der Waals surface area contributed by atoms with Crippen molar-refractivity contribution < 1.29 is 4.39 Å². The number of halogens is 3. The van der Waals surface area contributed by atoms with Crippen LogP contribution in [0.2, 0.25) is 10.0 Å². The zero-order valence-corrected chi connectivity index (χ0v) is 12.0. The molecule has 1 N–H and O–H groups in total. The number of piperidine rings is 1. The number of benzene rings is 1. The summed E-state index contributed by atoms with van der Waals surface area (Å²) < 4.78 is 13.2. The van der Waals surface area contributed by atoms with E-state index in [0.717, 1.165) is 25.1 Å². The molecule has 2 atom stereocenters. The van der Waals surface area contributed by atoms with E-state index in [1.54, 1.807) is 0 Å². The number of hydrogen-bond acceptors (Lipinski definition) is 2. The molecule has 2 rings (SSSR count). The van der Waals surface area contributed by atoms with Crippen molar-refractivity contribution in [3.8, 4) is 0 Å². The maximum Gasteiger partial charge on any atom is 0.126 e. The smallest absolute Gasteiger partial charge is 0.126 e. The number of hydrogen-bond donors (Lipinski definition) is 1. The second-order valence-corrected chi connectivity index (χ2v) is 5.58. The fourth-order valence-corrected chi connectivity index (χ4v) is 3.25. The van der Waals surface area contributed by atoms with E-state index >= 15 is 0 Å². The van der Waals surface area contributed by atoms with Crippen LogP contribution in [0.15, 0.2) is 12.1 Å². The van der Waals surface area contributed by atoms with Crippen LogP contribution in [-0.4, -0.2) is 25.7 Å². The molecule has 0 amide bonds. The quantitative estimate of drug-likeness (QED) is 0.893. The topological polar surface area (TPSA) is 15.3 Å². The summed E-state index contributed by atoms with van der Waals surface area (Å²) >= 11 is 12.2. The summed E-state index contributed by atoms with van der Waals surface area (Å²) in [6.07, 6.45) is 2.06. The molecule has 1 heterocycles. The van der Waals surface area contributed by atoms with E-state index in [-0.39, 0.29) is 0 Å². The summed E-state index contributed by atoms with van der Waals surface area (Å²) in [5.41, 5.74) is 0.752. The van der Waals surface area contributed by atoms with E-state index in [4.69, 9.17) is 23.2 Å². The minimum absolute atomic E-state index is 0.330. The molecule has 100 valence electrons. The predicted octanol–water partition coefficient (Wildman–Crippen LogP) is 3.71. The van der Waals surface area contributed by atoms with Crippen LogP contribution in [-0.2, 0) is 0 Å². The molecule has 2 nitrogen and oxygen atoms in total. The molecule has 1 aliphatic heterocycles. The second kappa shape index (κ2) is 5.64. The molecule has 2 unspecified atom stereocenters. The molecule has 1 fully saturated rings. The lowest BCUT2D eigenvalue weighted by molar-refractivity contribution is 0.387. The maximum atomic E-state index is 13.2. The summed E-state index contributed by atoms with van der Waals surface area (Å²) in [6, 6.07) is 3.49. The third-order valence-corrected chi connectivity index (χ3v) is 4.13. The number of nitrogens with one attached hydrogen (secondary N) is 1. The average Bonchev–Trinajstić information content (AvgIpc) is 2.29. The Labute approximate surface area is 117 Å². The van der Waals surface area contributed by atoms with Crippen molar-refractivity contribution in [1.82, 2.24) is 5.32 Å². The minimum atomic E-state index is -0.397. The van der Waals surface area contributed by atoms with Gasteiger partial charge in [-0.25, -0.2) is 4.39 Å². The molecule has 0 aliphatic carbocycles. The van der Waals surface area contributed by atoms with Crippen molar-refractivity contribution in [3.63, 3.8) is 0 Å². The number of nitrogens with zero attached hydrogens (tertiary/aromatic N) is 1. The summed E-state index contributed by atoms with van der Waals surface area (Å²) in [4.78, 5) is 2.16. The largest absolute Gasteiger partial charge is 0.366 e. The van der Waals surface area contributed by atoms with Crippen molar-refractivity contribution in [2.75, 3.05) is 18.5 Å². The van der Waals surface area contributed by atoms with Crippen LogP contribution in [0.3, 0.4) is 0 Å². The lowest BCUT2D eigenvalue weighted by Gasteiger charge is -2.40. The molecule has 1 aromatic rings. The third-order valence-electron chi connectivity index (χ3n) is 3.55. The van der Waals surface area contributed by atoms with Gasteiger partial charge in [-0.3, -0.25) is 0 Å². The van der Waals surface area contributed by atoms with Crippen LogP contribution in [0.4, 0.5) is 10.1 Å². The van der Waals surface area contributed by atoms with Gasteiger partial charge in [-0.1, -0.05) is 23.2 Å². The van der Waals surface area contributed by atoms with Gasteiger partial charge in [-0.2, -0.15) is 0 Å². The Bertz CT molecular complexity index is 416. The van der Waals surface area contributed by atoms with Gasteiger partial charge in [0.2, 0.25) is 0 Å². The molecular weight excluding hydrogens is 274 g/mol. The first-order valence-electron chi connectivity index (χ1n) is 6.11. The fourth-order valence-electron chi connectivity index (χ4n) is 2.58. The molecule has 0 bridgehead atoms.